The number of benzene rings is 2. The van der Waals surface area contributed by atoms with Crippen molar-refractivity contribution in [3.63, 3.8) is 0 Å². The van der Waals surface area contributed by atoms with Crippen molar-refractivity contribution >= 4 is 22.6 Å². The highest BCUT2D eigenvalue weighted by molar-refractivity contribution is 5.93. The molecular formula is C22H22N6O2. The van der Waals surface area contributed by atoms with Gasteiger partial charge in [0.1, 0.15) is 11.0 Å². The molecule has 2 N–H and O–H groups in total. The first kappa shape index (κ1) is 18.5. The zero-order valence-corrected chi connectivity index (χ0v) is 16.4. The number of piperidine rings is 1. The van der Waals surface area contributed by atoms with Gasteiger partial charge < -0.3 is 5.32 Å². The van der Waals surface area contributed by atoms with Gasteiger partial charge in [0.25, 0.3) is 0 Å². The van der Waals surface area contributed by atoms with Crippen molar-refractivity contribution in [1.82, 2.24) is 25.4 Å². The molecular weight excluding hydrogens is 380 g/mol. The Kier molecular flexibility index (Phi) is 4.98. The van der Waals surface area contributed by atoms with Crippen LogP contribution in [0.15, 0.2) is 59.4 Å². The predicted octanol–water partition coefficient (Wildman–Crippen LogP) is 3.46. The van der Waals surface area contributed by atoms with Crippen molar-refractivity contribution in [2.24, 2.45) is 5.92 Å². The molecule has 0 aliphatic carbocycles. The minimum Gasteiger partial charge on any atom is -0.326 e. The van der Waals surface area contributed by atoms with Crippen LogP contribution in [-0.2, 0) is 11.3 Å². The van der Waals surface area contributed by atoms with Crippen LogP contribution in [0.25, 0.3) is 22.3 Å². The van der Waals surface area contributed by atoms with E-state index in [0.717, 1.165) is 66.0 Å². The zero-order valence-electron chi connectivity index (χ0n) is 16.4. The molecule has 0 bridgehead atoms. The molecule has 3 heterocycles. The zero-order chi connectivity index (χ0) is 20.3. The van der Waals surface area contributed by atoms with E-state index in [1.54, 1.807) is 6.20 Å². The average molecular weight is 402 g/mol. The van der Waals surface area contributed by atoms with Crippen LogP contribution in [0.3, 0.4) is 0 Å². The number of H-pyrrole nitrogens is 1. The molecule has 5 rings (SSSR count). The van der Waals surface area contributed by atoms with Gasteiger partial charge in [-0.1, -0.05) is 18.2 Å². The summed E-state index contributed by atoms with van der Waals surface area (Å²) < 4.78 is 4.77. The number of likely N-dealkylation sites (tertiary alicyclic amines) is 1. The number of carbonyl (C=O) groups excluding carboxylic acids is 1. The van der Waals surface area contributed by atoms with Gasteiger partial charge in [0, 0.05) is 25.0 Å². The van der Waals surface area contributed by atoms with Crippen molar-refractivity contribution in [2.75, 3.05) is 18.4 Å². The second-order valence-corrected chi connectivity index (χ2v) is 7.70. The van der Waals surface area contributed by atoms with Gasteiger partial charge in [0.2, 0.25) is 5.91 Å². The van der Waals surface area contributed by atoms with Crippen molar-refractivity contribution in [1.29, 1.82) is 0 Å². The van der Waals surface area contributed by atoms with Crippen LogP contribution in [0.2, 0.25) is 0 Å². The van der Waals surface area contributed by atoms with Gasteiger partial charge in [-0.05, 0) is 71.2 Å². The summed E-state index contributed by atoms with van der Waals surface area (Å²) in [7, 11) is 0. The fraction of sp³-hybridized carbons (Fsp3) is 0.273. The van der Waals surface area contributed by atoms with Gasteiger partial charge in [0.15, 0.2) is 0 Å². The fourth-order valence-corrected chi connectivity index (χ4v) is 3.99. The van der Waals surface area contributed by atoms with E-state index in [1.807, 2.05) is 48.5 Å². The smallest absolute Gasteiger partial charge is 0.228 e. The average Bonchev–Trinajstić information content (AvgIpc) is 3.46. The summed E-state index contributed by atoms with van der Waals surface area (Å²) in [5, 5.41) is 17.7. The molecule has 30 heavy (non-hydrogen) atoms. The molecule has 1 saturated heterocycles. The lowest BCUT2D eigenvalue weighted by atomic mass is 9.96. The number of aromatic amines is 1. The molecule has 152 valence electrons. The van der Waals surface area contributed by atoms with E-state index in [-0.39, 0.29) is 11.8 Å². The van der Waals surface area contributed by atoms with E-state index in [0.29, 0.717) is 0 Å². The Morgan fingerprint density at radius 1 is 1.13 bits per heavy atom. The number of nitrogens with one attached hydrogen (secondary N) is 2. The van der Waals surface area contributed by atoms with E-state index in [2.05, 4.69) is 30.7 Å². The fourth-order valence-electron chi connectivity index (χ4n) is 3.99. The highest BCUT2D eigenvalue weighted by atomic mass is 16.6. The van der Waals surface area contributed by atoms with Crippen molar-refractivity contribution in [3.05, 3.63) is 60.3 Å². The number of amides is 1. The largest absolute Gasteiger partial charge is 0.326 e. The lowest BCUT2D eigenvalue weighted by Crippen LogP contribution is -2.40. The summed E-state index contributed by atoms with van der Waals surface area (Å²) in [6.45, 7) is 2.51. The normalized spacial score (nSPS) is 17.3. The Balaban J connectivity index is 1.20. The van der Waals surface area contributed by atoms with E-state index in [1.165, 1.54) is 0 Å². The van der Waals surface area contributed by atoms with Crippen LogP contribution < -0.4 is 5.32 Å². The molecule has 4 aromatic rings. The summed E-state index contributed by atoms with van der Waals surface area (Å²) in [5.74, 6) is 0.0497. The third-order valence-electron chi connectivity index (χ3n) is 5.56. The van der Waals surface area contributed by atoms with E-state index in [4.69, 9.17) is 4.63 Å². The first-order valence-corrected chi connectivity index (χ1v) is 10.1. The van der Waals surface area contributed by atoms with Crippen molar-refractivity contribution in [3.8, 4) is 11.3 Å². The van der Waals surface area contributed by atoms with Crippen molar-refractivity contribution in [2.45, 2.75) is 19.4 Å². The summed E-state index contributed by atoms with van der Waals surface area (Å²) in [6.07, 6.45) is 3.63. The molecule has 2 aromatic heterocycles. The van der Waals surface area contributed by atoms with Gasteiger partial charge in [-0.25, -0.2) is 4.63 Å². The summed E-state index contributed by atoms with van der Waals surface area (Å²) in [5.41, 5.74) is 5.47. The second-order valence-electron chi connectivity index (χ2n) is 7.70. The molecule has 1 amide bonds. The molecule has 0 radical (unpaired) electrons. The Hall–Kier alpha value is -3.52. The SMILES string of the molecule is O=C(Nc1ccc(-c2ccn[nH]2)cc1)C1CCCN(Cc2ccc3nonc3c2)C1. The van der Waals surface area contributed by atoms with E-state index in [9.17, 15) is 4.79 Å². The van der Waals surface area contributed by atoms with Gasteiger partial charge in [-0.2, -0.15) is 5.10 Å². The molecule has 8 nitrogen and oxygen atoms in total. The lowest BCUT2D eigenvalue weighted by molar-refractivity contribution is -0.121. The minimum absolute atomic E-state index is 0.0246. The van der Waals surface area contributed by atoms with Crippen LogP contribution in [0.5, 0.6) is 0 Å². The number of carbonyl (C=O) groups is 1. The van der Waals surface area contributed by atoms with E-state index < -0.39 is 0 Å². The van der Waals surface area contributed by atoms with Crippen LogP contribution in [0.1, 0.15) is 18.4 Å². The van der Waals surface area contributed by atoms with Crippen LogP contribution in [-0.4, -0.2) is 44.4 Å². The lowest BCUT2D eigenvalue weighted by Gasteiger charge is -2.32. The number of rotatable bonds is 5. The molecule has 1 aliphatic rings. The quantitative estimate of drug-likeness (QED) is 0.530. The van der Waals surface area contributed by atoms with Gasteiger partial charge in [0.05, 0.1) is 11.6 Å². The predicted molar refractivity (Wildman–Crippen MR) is 112 cm³/mol. The summed E-state index contributed by atoms with van der Waals surface area (Å²) >= 11 is 0. The van der Waals surface area contributed by atoms with Crippen molar-refractivity contribution < 1.29 is 9.42 Å². The Labute approximate surface area is 173 Å². The monoisotopic (exact) mass is 402 g/mol. The number of nitrogens with zero attached hydrogens (tertiary/aromatic N) is 4. The maximum Gasteiger partial charge on any atom is 0.228 e. The number of aromatic nitrogens is 4. The third kappa shape index (κ3) is 3.95. The highest BCUT2D eigenvalue weighted by Gasteiger charge is 2.26. The maximum atomic E-state index is 12.8. The summed E-state index contributed by atoms with van der Waals surface area (Å²) in [4.78, 5) is 15.2. The molecule has 8 heteroatoms. The third-order valence-corrected chi connectivity index (χ3v) is 5.56. The Morgan fingerprint density at radius 2 is 2.00 bits per heavy atom. The first-order chi connectivity index (χ1) is 14.7. The standard InChI is InChI=1S/C22H22N6O2/c29-22(24-18-6-4-16(5-7-18)19-9-10-23-25-19)17-2-1-11-28(14-17)13-15-3-8-20-21(12-15)27-30-26-20/h3-10,12,17H,1-2,11,13-14H2,(H,23,25)(H,24,29). The number of fused-ring (bicyclic) bond motifs is 1. The molecule has 1 unspecified atom stereocenters. The molecule has 1 aliphatic heterocycles. The molecule has 1 fully saturated rings. The minimum atomic E-state index is -0.0246. The van der Waals surface area contributed by atoms with Crippen LogP contribution >= 0.6 is 0 Å². The van der Waals surface area contributed by atoms with Crippen LogP contribution in [0.4, 0.5) is 5.69 Å². The molecule has 0 saturated carbocycles. The summed E-state index contributed by atoms with van der Waals surface area (Å²) in [6, 6.07) is 15.7. The first-order valence-electron chi connectivity index (χ1n) is 10.1. The number of hydrogen-bond donors (Lipinski definition) is 2. The van der Waals surface area contributed by atoms with Gasteiger partial charge >= 0.3 is 0 Å². The van der Waals surface area contributed by atoms with Crippen LogP contribution in [0, 0.1) is 5.92 Å². The number of hydrogen-bond acceptors (Lipinski definition) is 6. The second kappa shape index (κ2) is 8.08. The molecule has 0 spiro atoms. The van der Waals surface area contributed by atoms with Gasteiger partial charge in [-0.3, -0.25) is 14.8 Å². The van der Waals surface area contributed by atoms with E-state index >= 15 is 0 Å². The number of anilines is 1. The molecule has 2 aromatic carbocycles. The highest BCUT2D eigenvalue weighted by Crippen LogP contribution is 2.23. The molecule has 1 atom stereocenters. The van der Waals surface area contributed by atoms with Gasteiger partial charge in [-0.15, -0.1) is 0 Å². The Bertz CT molecular complexity index is 1140. The topological polar surface area (TPSA) is 99.9 Å². The maximum absolute atomic E-state index is 12.8. The Morgan fingerprint density at radius 3 is 2.83 bits per heavy atom.